The molecule has 1 amide bonds. The number of halogens is 1. The first-order valence-corrected chi connectivity index (χ1v) is 10.5. The van der Waals surface area contributed by atoms with Crippen LogP contribution in [0.3, 0.4) is 0 Å². The molecule has 0 radical (unpaired) electrons. The number of piperidine rings is 1. The Morgan fingerprint density at radius 3 is 2.79 bits per heavy atom. The Bertz CT molecular complexity index is 947. The second kappa shape index (κ2) is 5.74. The molecule has 3 fully saturated rings. The highest BCUT2D eigenvalue weighted by Gasteiger charge is 2.76. The van der Waals surface area contributed by atoms with Gasteiger partial charge in [-0.1, -0.05) is 6.07 Å². The molecule has 1 unspecified atom stereocenters. The number of likely N-dealkylation sites (tertiary alicyclic amines) is 1. The Balaban J connectivity index is 0.00000181. The number of likely N-dealkylation sites (N-methyl/N-ethyl adjacent to an activating group) is 1. The zero-order chi connectivity index (χ0) is 19.5. The lowest BCUT2D eigenvalue weighted by Gasteiger charge is -2.64. The summed E-state index contributed by atoms with van der Waals surface area (Å²) in [6.07, 6.45) is 4.16. The SMILES string of the molecule is C[N@+]1(CC2CC2)CC[C@@]23c4c5ccc(C(N)=O)c4O[C@H]2C(=O)CCC3(O)[C@H]1C5.[Cl-]. The third-order valence-corrected chi connectivity index (χ3v) is 8.56. The third-order valence-electron chi connectivity index (χ3n) is 8.56. The van der Waals surface area contributed by atoms with Gasteiger partial charge in [-0.05, 0) is 30.9 Å². The summed E-state index contributed by atoms with van der Waals surface area (Å²) in [7, 11) is 2.29. The summed E-state index contributed by atoms with van der Waals surface area (Å²) in [6.45, 7) is 2.03. The number of nitrogens with zero attached hydrogens (tertiary/aromatic N) is 1. The van der Waals surface area contributed by atoms with Gasteiger partial charge in [-0.2, -0.15) is 0 Å². The highest BCUT2D eigenvalue weighted by atomic mass is 35.5. The maximum Gasteiger partial charge on any atom is 0.252 e. The Hall–Kier alpha value is -1.63. The summed E-state index contributed by atoms with van der Waals surface area (Å²) in [5.41, 5.74) is 6.24. The fourth-order valence-electron chi connectivity index (χ4n) is 7.15. The number of quaternary nitrogens is 1. The fourth-order valence-corrected chi connectivity index (χ4v) is 7.15. The number of carbonyl (C=O) groups is 2. The molecular weight excluding hydrogens is 392 g/mol. The molecule has 1 aromatic carbocycles. The molecule has 1 saturated heterocycles. The minimum Gasteiger partial charge on any atom is -1.00 e. The Labute approximate surface area is 176 Å². The molecule has 1 spiro atoms. The van der Waals surface area contributed by atoms with Gasteiger partial charge in [0, 0.05) is 30.7 Å². The standard InChI is InChI=1S/C22H26N2O4.ClH/c1-24(11-12-2-3-12)9-8-21-17-13-4-5-14(20(23)26)18(17)28-19(21)15(25)6-7-22(21,27)16(24)10-13;/h4-5,12,16,19,27H,2-3,6-11H2,1H3,(H-,23,26);1H/t16-,19+,21-,22?,24-;/m1./s1. The Morgan fingerprint density at radius 1 is 1.34 bits per heavy atom. The van der Waals surface area contributed by atoms with Crippen LogP contribution in [-0.2, 0) is 16.6 Å². The molecule has 2 bridgehead atoms. The molecular formula is C22H27ClN2O4. The highest BCUT2D eigenvalue weighted by Crippen LogP contribution is 2.65. The first kappa shape index (κ1) is 19.3. The van der Waals surface area contributed by atoms with E-state index in [1.54, 1.807) is 6.07 Å². The molecule has 6 rings (SSSR count). The predicted octanol–water partition coefficient (Wildman–Crippen LogP) is -1.93. The number of aliphatic hydroxyl groups is 1. The van der Waals surface area contributed by atoms with E-state index in [1.165, 1.54) is 12.8 Å². The number of ketones is 1. The van der Waals surface area contributed by atoms with Crippen LogP contribution in [0, 0.1) is 5.92 Å². The van der Waals surface area contributed by atoms with Crippen molar-refractivity contribution in [1.82, 2.24) is 0 Å². The van der Waals surface area contributed by atoms with Crippen LogP contribution in [0.2, 0.25) is 0 Å². The van der Waals surface area contributed by atoms with Gasteiger partial charge < -0.3 is 32.5 Å². The lowest BCUT2D eigenvalue weighted by atomic mass is 9.48. The molecule has 5 aliphatic rings. The minimum atomic E-state index is -0.984. The molecule has 2 heterocycles. The Kier molecular flexibility index (Phi) is 3.83. The number of hydrogen-bond acceptors (Lipinski definition) is 4. The second-order valence-corrected chi connectivity index (χ2v) is 10.00. The number of ether oxygens (including phenoxy) is 1. The summed E-state index contributed by atoms with van der Waals surface area (Å²) in [5.74, 6) is 0.718. The lowest BCUT2D eigenvalue weighted by molar-refractivity contribution is -0.950. The number of rotatable bonds is 3. The molecule has 1 aromatic rings. The average molecular weight is 419 g/mol. The van der Waals surface area contributed by atoms with Gasteiger partial charge in [0.2, 0.25) is 0 Å². The normalized spacial score (nSPS) is 41.2. The quantitative estimate of drug-likeness (QED) is 0.559. The zero-order valence-corrected chi connectivity index (χ0v) is 17.4. The van der Waals surface area contributed by atoms with Crippen molar-refractivity contribution in [3.8, 4) is 5.75 Å². The number of carbonyl (C=O) groups excluding carboxylic acids is 2. The summed E-state index contributed by atoms with van der Waals surface area (Å²) < 4.78 is 7.06. The van der Waals surface area contributed by atoms with Crippen LogP contribution in [0.5, 0.6) is 5.75 Å². The van der Waals surface area contributed by atoms with Crippen LogP contribution in [-0.4, -0.2) is 59.2 Å². The first-order valence-electron chi connectivity index (χ1n) is 10.5. The minimum absolute atomic E-state index is 0. The first-order chi connectivity index (χ1) is 13.3. The number of benzene rings is 1. The van der Waals surface area contributed by atoms with Crippen molar-refractivity contribution in [2.24, 2.45) is 11.7 Å². The predicted molar refractivity (Wildman–Crippen MR) is 101 cm³/mol. The topological polar surface area (TPSA) is 89.6 Å². The molecule has 3 N–H and O–H groups in total. The number of primary amides is 1. The summed E-state index contributed by atoms with van der Waals surface area (Å²) >= 11 is 0. The van der Waals surface area contributed by atoms with E-state index in [0.717, 1.165) is 41.0 Å². The zero-order valence-electron chi connectivity index (χ0n) is 16.6. The van der Waals surface area contributed by atoms with E-state index in [-0.39, 0.29) is 24.2 Å². The smallest absolute Gasteiger partial charge is 0.252 e. The van der Waals surface area contributed by atoms with Crippen LogP contribution in [0.15, 0.2) is 12.1 Å². The molecule has 2 saturated carbocycles. The van der Waals surface area contributed by atoms with E-state index >= 15 is 0 Å². The van der Waals surface area contributed by atoms with Gasteiger partial charge in [0.25, 0.3) is 5.91 Å². The van der Waals surface area contributed by atoms with Crippen molar-refractivity contribution < 1.29 is 36.3 Å². The largest absolute Gasteiger partial charge is 1.00 e. The lowest BCUT2D eigenvalue weighted by Crippen LogP contribution is -3.00. The molecule has 6 nitrogen and oxygen atoms in total. The number of Topliss-reactive ketones (excluding diaryl/α,β-unsaturated/α-hetero) is 1. The van der Waals surface area contributed by atoms with Crippen molar-refractivity contribution in [3.05, 3.63) is 28.8 Å². The fraction of sp³-hybridized carbons (Fsp3) is 0.636. The van der Waals surface area contributed by atoms with E-state index in [0.29, 0.717) is 30.6 Å². The van der Waals surface area contributed by atoms with Crippen molar-refractivity contribution in [3.63, 3.8) is 0 Å². The molecule has 156 valence electrons. The summed E-state index contributed by atoms with van der Waals surface area (Å²) in [6, 6.07) is 3.77. The third kappa shape index (κ3) is 2.15. The van der Waals surface area contributed by atoms with E-state index in [1.807, 2.05) is 6.07 Å². The summed E-state index contributed by atoms with van der Waals surface area (Å²) in [4.78, 5) is 25.0. The van der Waals surface area contributed by atoms with Crippen molar-refractivity contribution in [2.45, 2.75) is 61.7 Å². The maximum absolute atomic E-state index is 12.9. The van der Waals surface area contributed by atoms with Crippen molar-refractivity contribution >= 4 is 11.7 Å². The Morgan fingerprint density at radius 2 is 2.10 bits per heavy atom. The number of hydrogen-bond donors (Lipinski definition) is 2. The van der Waals surface area contributed by atoms with Gasteiger partial charge in [0.1, 0.15) is 17.4 Å². The average Bonchev–Trinajstić information content (AvgIpc) is 3.37. The number of nitrogens with two attached hydrogens (primary N) is 1. The van der Waals surface area contributed by atoms with Crippen LogP contribution < -0.4 is 22.9 Å². The van der Waals surface area contributed by atoms with E-state index in [2.05, 4.69) is 7.05 Å². The van der Waals surface area contributed by atoms with Crippen LogP contribution >= 0.6 is 0 Å². The van der Waals surface area contributed by atoms with E-state index in [9.17, 15) is 14.7 Å². The van der Waals surface area contributed by atoms with Crippen LogP contribution in [0.1, 0.15) is 53.6 Å². The molecule has 5 atom stereocenters. The monoisotopic (exact) mass is 418 g/mol. The van der Waals surface area contributed by atoms with Gasteiger partial charge in [-0.25, -0.2) is 0 Å². The van der Waals surface area contributed by atoms with E-state index in [4.69, 9.17) is 10.5 Å². The van der Waals surface area contributed by atoms with Crippen molar-refractivity contribution in [1.29, 1.82) is 0 Å². The highest BCUT2D eigenvalue weighted by molar-refractivity contribution is 5.98. The van der Waals surface area contributed by atoms with Gasteiger partial charge in [0.05, 0.1) is 31.1 Å². The molecule has 29 heavy (non-hydrogen) atoms. The number of amides is 1. The van der Waals surface area contributed by atoms with Gasteiger partial charge >= 0.3 is 0 Å². The van der Waals surface area contributed by atoms with Gasteiger partial charge in [0.15, 0.2) is 11.9 Å². The van der Waals surface area contributed by atoms with Gasteiger partial charge in [-0.3, -0.25) is 9.59 Å². The molecule has 0 aromatic heterocycles. The van der Waals surface area contributed by atoms with Crippen LogP contribution in [0.4, 0.5) is 0 Å². The molecule has 3 aliphatic carbocycles. The second-order valence-electron chi connectivity index (χ2n) is 10.00. The van der Waals surface area contributed by atoms with Gasteiger partial charge in [-0.15, -0.1) is 0 Å². The van der Waals surface area contributed by atoms with E-state index < -0.39 is 23.0 Å². The molecule has 2 aliphatic heterocycles. The maximum atomic E-state index is 12.9. The van der Waals surface area contributed by atoms with Crippen molar-refractivity contribution in [2.75, 3.05) is 20.1 Å². The summed E-state index contributed by atoms with van der Waals surface area (Å²) in [5, 5.41) is 12.3. The molecule has 7 heteroatoms. The van der Waals surface area contributed by atoms with Crippen LogP contribution in [0.25, 0.3) is 0 Å².